The molecule has 0 bridgehead atoms. The zero-order valence-electron chi connectivity index (χ0n) is 7.86. The van der Waals surface area contributed by atoms with Crippen LogP contribution in [-0.2, 0) is 4.74 Å². The van der Waals surface area contributed by atoms with Gasteiger partial charge in [0, 0.05) is 6.54 Å². The van der Waals surface area contributed by atoms with Gasteiger partial charge in [0.1, 0.15) is 0 Å². The van der Waals surface area contributed by atoms with E-state index in [0.29, 0.717) is 17.9 Å². The fraction of sp³-hybridized carbons (Fsp3) is 0.750. The van der Waals surface area contributed by atoms with Gasteiger partial charge in [0.15, 0.2) is 5.82 Å². The maximum absolute atomic E-state index is 5.31. The molecule has 0 saturated carbocycles. The van der Waals surface area contributed by atoms with Crippen LogP contribution >= 0.6 is 0 Å². The van der Waals surface area contributed by atoms with Crippen LogP contribution in [0.5, 0.6) is 0 Å². The van der Waals surface area contributed by atoms with Crippen LogP contribution in [-0.4, -0.2) is 35.9 Å². The first-order valence-corrected chi connectivity index (χ1v) is 4.42. The van der Waals surface area contributed by atoms with Crippen molar-refractivity contribution in [3.63, 3.8) is 0 Å². The van der Waals surface area contributed by atoms with Crippen molar-refractivity contribution in [3.05, 3.63) is 5.82 Å². The quantitative estimate of drug-likeness (QED) is 0.638. The summed E-state index contributed by atoms with van der Waals surface area (Å²) in [5.74, 6) is 0.675. The van der Waals surface area contributed by atoms with Gasteiger partial charge in [-0.2, -0.15) is 4.98 Å². The van der Waals surface area contributed by atoms with Gasteiger partial charge in [0.2, 0.25) is 0 Å². The third-order valence-corrected chi connectivity index (χ3v) is 2.13. The van der Waals surface area contributed by atoms with Crippen LogP contribution in [0, 0.1) is 6.92 Å². The highest BCUT2D eigenvalue weighted by atomic mass is 16.5. The number of hydrogen-bond donors (Lipinski definition) is 0. The maximum Gasteiger partial charge on any atom is 0.324 e. The molecule has 2 rings (SSSR count). The fourth-order valence-corrected chi connectivity index (χ4v) is 1.41. The number of nitrogens with zero attached hydrogens (tertiary/aromatic N) is 3. The molecule has 1 unspecified atom stereocenters. The van der Waals surface area contributed by atoms with Crippen LogP contribution in [0.4, 0.5) is 6.01 Å². The van der Waals surface area contributed by atoms with Crippen molar-refractivity contribution in [1.29, 1.82) is 0 Å². The minimum atomic E-state index is 0.314. The van der Waals surface area contributed by atoms with E-state index in [1.165, 1.54) is 0 Å². The van der Waals surface area contributed by atoms with Crippen LogP contribution in [0.25, 0.3) is 0 Å². The number of aromatic nitrogens is 2. The Labute approximate surface area is 76.7 Å². The van der Waals surface area contributed by atoms with E-state index in [2.05, 4.69) is 22.0 Å². The molecule has 2 heterocycles. The summed E-state index contributed by atoms with van der Waals surface area (Å²) in [6.45, 7) is 6.17. The fourth-order valence-electron chi connectivity index (χ4n) is 1.41. The lowest BCUT2D eigenvalue weighted by Gasteiger charge is -2.31. The average Bonchev–Trinajstić information content (AvgIpc) is 2.53. The molecule has 1 atom stereocenters. The zero-order chi connectivity index (χ0) is 9.26. The van der Waals surface area contributed by atoms with E-state index >= 15 is 0 Å². The Bertz CT molecular complexity index is 287. The Morgan fingerprint density at radius 1 is 1.54 bits per heavy atom. The number of rotatable bonds is 1. The van der Waals surface area contributed by atoms with E-state index in [1.807, 2.05) is 6.92 Å². The highest BCUT2D eigenvalue weighted by Crippen LogP contribution is 2.16. The van der Waals surface area contributed by atoms with Crippen LogP contribution in [0.15, 0.2) is 4.52 Å². The largest absolute Gasteiger partial charge is 0.377 e. The van der Waals surface area contributed by atoms with E-state index in [-0.39, 0.29) is 0 Å². The molecular formula is C8H13N3O2. The summed E-state index contributed by atoms with van der Waals surface area (Å²) in [7, 11) is 0. The van der Waals surface area contributed by atoms with E-state index in [0.717, 1.165) is 19.8 Å². The van der Waals surface area contributed by atoms with Crippen LogP contribution in [0.2, 0.25) is 0 Å². The van der Waals surface area contributed by atoms with Gasteiger partial charge in [0.25, 0.3) is 0 Å². The molecule has 1 aromatic rings. The molecule has 0 radical (unpaired) electrons. The van der Waals surface area contributed by atoms with Gasteiger partial charge in [-0.25, -0.2) is 0 Å². The van der Waals surface area contributed by atoms with E-state index in [1.54, 1.807) is 0 Å². The second-order valence-corrected chi connectivity index (χ2v) is 3.24. The summed E-state index contributed by atoms with van der Waals surface area (Å²) < 4.78 is 10.4. The summed E-state index contributed by atoms with van der Waals surface area (Å²) in [6.07, 6.45) is 0. The first-order valence-electron chi connectivity index (χ1n) is 4.42. The number of hydrogen-bond acceptors (Lipinski definition) is 5. The number of ether oxygens (including phenoxy) is 1. The van der Waals surface area contributed by atoms with Gasteiger partial charge in [-0.1, -0.05) is 5.16 Å². The smallest absolute Gasteiger partial charge is 0.324 e. The van der Waals surface area contributed by atoms with Crippen molar-refractivity contribution in [2.24, 2.45) is 0 Å². The molecule has 0 aliphatic carbocycles. The highest BCUT2D eigenvalue weighted by molar-refractivity contribution is 5.27. The molecule has 1 aliphatic heterocycles. The zero-order valence-corrected chi connectivity index (χ0v) is 7.86. The third kappa shape index (κ3) is 1.65. The van der Waals surface area contributed by atoms with Gasteiger partial charge in [-0.3, -0.25) is 0 Å². The molecule has 0 spiro atoms. The lowest BCUT2D eigenvalue weighted by Crippen LogP contribution is -2.43. The summed E-state index contributed by atoms with van der Waals surface area (Å²) >= 11 is 0. The van der Waals surface area contributed by atoms with Crippen molar-refractivity contribution < 1.29 is 9.26 Å². The van der Waals surface area contributed by atoms with Crippen molar-refractivity contribution in [2.45, 2.75) is 19.9 Å². The maximum atomic E-state index is 5.31. The second kappa shape index (κ2) is 3.33. The summed E-state index contributed by atoms with van der Waals surface area (Å²) in [5.41, 5.74) is 0. The van der Waals surface area contributed by atoms with Gasteiger partial charge in [0.05, 0.1) is 19.3 Å². The molecule has 72 valence electrons. The lowest BCUT2D eigenvalue weighted by molar-refractivity contribution is 0.0954. The van der Waals surface area contributed by atoms with Gasteiger partial charge >= 0.3 is 6.01 Å². The molecular weight excluding hydrogens is 170 g/mol. The van der Waals surface area contributed by atoms with Gasteiger partial charge in [-0.05, 0) is 13.8 Å². The number of morpholine rings is 1. The Morgan fingerprint density at radius 3 is 3.00 bits per heavy atom. The van der Waals surface area contributed by atoms with Crippen molar-refractivity contribution in [1.82, 2.24) is 10.1 Å². The molecule has 1 saturated heterocycles. The Morgan fingerprint density at radius 2 is 2.38 bits per heavy atom. The number of anilines is 1. The molecule has 0 aromatic carbocycles. The van der Waals surface area contributed by atoms with E-state index in [4.69, 9.17) is 9.26 Å². The molecule has 5 nitrogen and oxygen atoms in total. The standard InChI is InChI=1S/C8H13N3O2/c1-6-5-12-4-3-11(6)8-9-7(2)10-13-8/h6H,3-5H2,1-2H3. The Hall–Kier alpha value is -1.10. The minimum Gasteiger partial charge on any atom is -0.377 e. The van der Waals surface area contributed by atoms with Gasteiger partial charge < -0.3 is 14.2 Å². The van der Waals surface area contributed by atoms with Crippen molar-refractivity contribution in [3.8, 4) is 0 Å². The molecule has 0 amide bonds. The molecule has 1 fully saturated rings. The summed E-state index contributed by atoms with van der Waals surface area (Å²) in [5, 5.41) is 3.76. The molecule has 1 aromatic heterocycles. The monoisotopic (exact) mass is 183 g/mol. The van der Waals surface area contributed by atoms with Crippen LogP contribution < -0.4 is 4.90 Å². The number of aryl methyl sites for hydroxylation is 1. The molecule has 13 heavy (non-hydrogen) atoms. The van der Waals surface area contributed by atoms with Crippen LogP contribution in [0.3, 0.4) is 0 Å². The molecule has 1 aliphatic rings. The predicted octanol–water partition coefficient (Wildman–Crippen LogP) is 0.603. The Balaban J connectivity index is 2.14. The third-order valence-electron chi connectivity index (χ3n) is 2.13. The highest BCUT2D eigenvalue weighted by Gasteiger charge is 2.23. The lowest BCUT2D eigenvalue weighted by atomic mass is 10.3. The predicted molar refractivity (Wildman–Crippen MR) is 46.7 cm³/mol. The van der Waals surface area contributed by atoms with E-state index in [9.17, 15) is 0 Å². The first kappa shape index (κ1) is 8.50. The van der Waals surface area contributed by atoms with E-state index < -0.39 is 0 Å². The molecule has 0 N–H and O–H groups in total. The second-order valence-electron chi connectivity index (χ2n) is 3.24. The first-order chi connectivity index (χ1) is 6.27. The topological polar surface area (TPSA) is 51.4 Å². The summed E-state index contributed by atoms with van der Waals surface area (Å²) in [4.78, 5) is 6.25. The van der Waals surface area contributed by atoms with Crippen LogP contribution in [0.1, 0.15) is 12.7 Å². The normalized spacial score (nSPS) is 23.5. The average molecular weight is 183 g/mol. The molecule has 5 heteroatoms. The van der Waals surface area contributed by atoms with Crippen molar-refractivity contribution in [2.75, 3.05) is 24.7 Å². The van der Waals surface area contributed by atoms with Gasteiger partial charge in [-0.15, -0.1) is 0 Å². The SMILES string of the molecule is Cc1noc(N2CCOCC2C)n1. The summed E-state index contributed by atoms with van der Waals surface area (Å²) in [6, 6.07) is 0.918. The Kier molecular flexibility index (Phi) is 2.18. The minimum absolute atomic E-state index is 0.314. The van der Waals surface area contributed by atoms with Crippen molar-refractivity contribution >= 4 is 6.01 Å².